The van der Waals surface area contributed by atoms with Gasteiger partial charge in [0.1, 0.15) is 24.3 Å². The van der Waals surface area contributed by atoms with Gasteiger partial charge in [0.15, 0.2) is 0 Å². The van der Waals surface area contributed by atoms with Gasteiger partial charge in [0.2, 0.25) is 5.91 Å². The van der Waals surface area contributed by atoms with Crippen LogP contribution >= 0.6 is 0 Å². The zero-order valence-corrected chi connectivity index (χ0v) is 16.6. The van der Waals surface area contributed by atoms with Crippen molar-refractivity contribution in [1.29, 1.82) is 0 Å². The van der Waals surface area contributed by atoms with Crippen molar-refractivity contribution < 1.29 is 23.1 Å². The predicted octanol–water partition coefficient (Wildman–Crippen LogP) is 3.96. The van der Waals surface area contributed by atoms with Crippen molar-refractivity contribution in [3.63, 3.8) is 0 Å². The fourth-order valence-electron chi connectivity index (χ4n) is 2.79. The highest BCUT2D eigenvalue weighted by molar-refractivity contribution is 5.85. The highest BCUT2D eigenvalue weighted by atomic mass is 19.1. The maximum absolute atomic E-state index is 13.2. The molecule has 5 nitrogen and oxygen atoms in total. The SMILES string of the molecule is CC[C@H](C)[C@H](NC(=O)OCc1ccccc1)C(=O)NCCc1cc(F)cc(F)c1. The zero-order valence-electron chi connectivity index (χ0n) is 16.6. The van der Waals surface area contributed by atoms with E-state index in [0.29, 0.717) is 12.0 Å². The van der Waals surface area contributed by atoms with E-state index in [-0.39, 0.29) is 31.4 Å². The molecule has 2 aromatic carbocycles. The average Bonchev–Trinajstić information content (AvgIpc) is 2.70. The van der Waals surface area contributed by atoms with Crippen molar-refractivity contribution in [1.82, 2.24) is 10.6 Å². The summed E-state index contributed by atoms with van der Waals surface area (Å²) < 4.78 is 31.7. The van der Waals surface area contributed by atoms with Crippen LogP contribution in [0.15, 0.2) is 48.5 Å². The van der Waals surface area contributed by atoms with E-state index >= 15 is 0 Å². The molecule has 2 atom stereocenters. The van der Waals surface area contributed by atoms with E-state index in [1.54, 1.807) is 0 Å². The number of amides is 2. The van der Waals surface area contributed by atoms with Gasteiger partial charge in [-0.3, -0.25) is 4.79 Å². The second-order valence-corrected chi connectivity index (χ2v) is 6.89. The van der Waals surface area contributed by atoms with E-state index in [0.717, 1.165) is 11.6 Å². The monoisotopic (exact) mass is 404 g/mol. The van der Waals surface area contributed by atoms with Crippen molar-refractivity contribution in [3.05, 3.63) is 71.3 Å². The van der Waals surface area contributed by atoms with Crippen molar-refractivity contribution in [2.45, 2.75) is 39.3 Å². The number of alkyl carbamates (subject to hydrolysis) is 1. The number of rotatable bonds is 9. The molecular weight excluding hydrogens is 378 g/mol. The molecule has 0 saturated carbocycles. The Labute approximate surface area is 169 Å². The minimum atomic E-state index is -0.771. The Bertz CT molecular complexity index is 795. The third-order valence-corrected chi connectivity index (χ3v) is 4.62. The normalized spacial score (nSPS) is 12.7. The van der Waals surface area contributed by atoms with Gasteiger partial charge in [-0.05, 0) is 35.6 Å². The van der Waals surface area contributed by atoms with Crippen LogP contribution in [0.4, 0.5) is 13.6 Å². The minimum absolute atomic E-state index is 0.104. The Hall–Kier alpha value is -2.96. The molecule has 2 aromatic rings. The number of carbonyl (C=O) groups excluding carboxylic acids is 2. The first kappa shape index (κ1) is 22.3. The molecule has 0 fully saturated rings. The van der Waals surface area contributed by atoms with Gasteiger partial charge in [0, 0.05) is 12.6 Å². The summed E-state index contributed by atoms with van der Waals surface area (Å²) in [6.07, 6.45) is 0.264. The zero-order chi connectivity index (χ0) is 21.2. The molecule has 0 unspecified atom stereocenters. The van der Waals surface area contributed by atoms with E-state index in [9.17, 15) is 18.4 Å². The van der Waals surface area contributed by atoms with Gasteiger partial charge in [-0.1, -0.05) is 50.6 Å². The molecule has 0 aliphatic carbocycles. The lowest BCUT2D eigenvalue weighted by atomic mass is 9.98. The Morgan fingerprint density at radius 2 is 1.69 bits per heavy atom. The molecule has 0 aromatic heterocycles. The second kappa shape index (κ2) is 11.1. The quantitative estimate of drug-likeness (QED) is 0.665. The molecule has 2 N–H and O–H groups in total. The molecule has 0 aliphatic heterocycles. The van der Waals surface area contributed by atoms with Gasteiger partial charge < -0.3 is 15.4 Å². The van der Waals surface area contributed by atoms with Crippen LogP contribution in [0, 0.1) is 17.6 Å². The van der Waals surface area contributed by atoms with Crippen LogP contribution in [-0.4, -0.2) is 24.6 Å². The van der Waals surface area contributed by atoms with Gasteiger partial charge in [-0.25, -0.2) is 13.6 Å². The predicted molar refractivity (Wildman–Crippen MR) is 106 cm³/mol. The Balaban J connectivity index is 1.87. The maximum atomic E-state index is 13.2. The summed E-state index contributed by atoms with van der Waals surface area (Å²) in [4.78, 5) is 24.7. The molecule has 7 heteroatoms. The van der Waals surface area contributed by atoms with Crippen LogP contribution in [0.1, 0.15) is 31.4 Å². The van der Waals surface area contributed by atoms with Crippen LogP contribution in [0.25, 0.3) is 0 Å². The van der Waals surface area contributed by atoms with E-state index in [2.05, 4.69) is 10.6 Å². The average molecular weight is 404 g/mol. The van der Waals surface area contributed by atoms with Gasteiger partial charge >= 0.3 is 6.09 Å². The molecule has 0 heterocycles. The van der Waals surface area contributed by atoms with Crippen LogP contribution in [-0.2, 0) is 22.6 Å². The molecule has 0 aliphatic rings. The van der Waals surface area contributed by atoms with Gasteiger partial charge in [-0.2, -0.15) is 0 Å². The summed E-state index contributed by atoms with van der Waals surface area (Å²) in [7, 11) is 0. The lowest BCUT2D eigenvalue weighted by Crippen LogP contribution is -2.50. The largest absolute Gasteiger partial charge is 0.445 e. The molecule has 2 rings (SSSR count). The van der Waals surface area contributed by atoms with E-state index in [1.165, 1.54) is 12.1 Å². The molecular formula is C22H26F2N2O3. The van der Waals surface area contributed by atoms with Crippen LogP contribution in [0.5, 0.6) is 0 Å². The topological polar surface area (TPSA) is 67.4 Å². The summed E-state index contributed by atoms with van der Waals surface area (Å²) in [5.74, 6) is -1.81. The van der Waals surface area contributed by atoms with E-state index < -0.39 is 23.8 Å². The van der Waals surface area contributed by atoms with Gasteiger partial charge in [0.05, 0.1) is 0 Å². The minimum Gasteiger partial charge on any atom is -0.445 e. The number of carbonyl (C=O) groups is 2. The van der Waals surface area contributed by atoms with Gasteiger partial charge in [0.25, 0.3) is 0 Å². The van der Waals surface area contributed by atoms with Crippen molar-refractivity contribution in [3.8, 4) is 0 Å². The highest BCUT2D eigenvalue weighted by Crippen LogP contribution is 2.10. The third kappa shape index (κ3) is 7.52. The number of hydrogen-bond donors (Lipinski definition) is 2. The summed E-state index contributed by atoms with van der Waals surface area (Å²) in [6.45, 7) is 4.06. The molecule has 29 heavy (non-hydrogen) atoms. The first-order valence-corrected chi connectivity index (χ1v) is 9.59. The summed E-state index contributed by atoms with van der Waals surface area (Å²) >= 11 is 0. The molecule has 0 spiro atoms. The molecule has 156 valence electrons. The Morgan fingerprint density at radius 3 is 2.31 bits per heavy atom. The summed E-state index contributed by atoms with van der Waals surface area (Å²) in [6, 6.07) is 11.7. The summed E-state index contributed by atoms with van der Waals surface area (Å²) in [5, 5.41) is 5.32. The lowest BCUT2D eigenvalue weighted by molar-refractivity contribution is -0.124. The van der Waals surface area contributed by atoms with Crippen LogP contribution in [0.3, 0.4) is 0 Å². The van der Waals surface area contributed by atoms with E-state index in [4.69, 9.17) is 4.74 Å². The standard InChI is InChI=1S/C22H26F2N2O3/c1-3-15(2)20(26-22(28)29-14-16-7-5-4-6-8-16)21(27)25-10-9-17-11-18(23)13-19(24)12-17/h4-8,11-13,15,20H,3,9-10,14H2,1-2H3,(H,25,27)(H,26,28)/t15-,20-/m0/s1. The fourth-order valence-corrected chi connectivity index (χ4v) is 2.79. The number of hydrogen-bond acceptors (Lipinski definition) is 3. The second-order valence-electron chi connectivity index (χ2n) is 6.89. The van der Waals surface area contributed by atoms with E-state index in [1.807, 2.05) is 44.2 Å². The number of halogens is 2. The number of ether oxygens (including phenoxy) is 1. The Kier molecular flexibility index (Phi) is 8.58. The van der Waals surface area contributed by atoms with Crippen molar-refractivity contribution >= 4 is 12.0 Å². The smallest absolute Gasteiger partial charge is 0.408 e. The number of benzene rings is 2. The van der Waals surface area contributed by atoms with Crippen molar-refractivity contribution in [2.24, 2.45) is 5.92 Å². The first-order valence-electron chi connectivity index (χ1n) is 9.59. The summed E-state index contributed by atoms with van der Waals surface area (Å²) in [5.41, 5.74) is 1.28. The third-order valence-electron chi connectivity index (χ3n) is 4.62. The molecule has 0 saturated heterocycles. The van der Waals surface area contributed by atoms with Crippen LogP contribution in [0.2, 0.25) is 0 Å². The lowest BCUT2D eigenvalue weighted by Gasteiger charge is -2.23. The maximum Gasteiger partial charge on any atom is 0.408 e. The number of nitrogens with one attached hydrogen (secondary N) is 2. The van der Waals surface area contributed by atoms with Crippen LogP contribution < -0.4 is 10.6 Å². The molecule has 0 bridgehead atoms. The first-order chi connectivity index (χ1) is 13.9. The highest BCUT2D eigenvalue weighted by Gasteiger charge is 2.26. The van der Waals surface area contributed by atoms with Gasteiger partial charge in [-0.15, -0.1) is 0 Å². The van der Waals surface area contributed by atoms with Crippen molar-refractivity contribution in [2.75, 3.05) is 6.54 Å². The molecule has 2 amide bonds. The Morgan fingerprint density at radius 1 is 1.03 bits per heavy atom. The fraction of sp³-hybridized carbons (Fsp3) is 0.364. The molecule has 0 radical (unpaired) electrons.